The van der Waals surface area contributed by atoms with Gasteiger partial charge in [-0.2, -0.15) is 0 Å². The van der Waals surface area contributed by atoms with Crippen LogP contribution in [0.25, 0.3) is 11.0 Å². The quantitative estimate of drug-likeness (QED) is 0.709. The third kappa shape index (κ3) is 3.49. The average Bonchev–Trinajstić information content (AvgIpc) is 2.97. The van der Waals surface area contributed by atoms with Crippen molar-refractivity contribution >= 4 is 27.0 Å². The Morgan fingerprint density at radius 2 is 1.85 bits per heavy atom. The number of furan rings is 1. The van der Waals surface area contributed by atoms with Crippen LogP contribution < -0.4 is 4.72 Å². The minimum Gasteiger partial charge on any atom is -0.475 e. The number of nitrogens with one attached hydrogen (secondary N) is 1. The summed E-state index contributed by atoms with van der Waals surface area (Å²) in [5, 5.41) is 9.61. The Balaban J connectivity index is 1.90. The molecule has 136 valence electrons. The van der Waals surface area contributed by atoms with Gasteiger partial charge in [0, 0.05) is 11.4 Å². The van der Waals surface area contributed by atoms with Gasteiger partial charge in [0.2, 0.25) is 15.8 Å². The SMILES string of the molecule is Cc1ccc(S(=O)(=O)NC(C)c2ccc3oc(C(=O)O)cc3c2)c(C)c1. The number of aromatic carboxylic acids is 1. The molecule has 0 amide bonds. The standard InChI is InChI=1S/C19H19NO5S/c1-11-4-7-18(12(2)8-11)26(23,24)20-13(3)14-5-6-16-15(9-14)10-17(25-16)19(21)22/h4-10,13,20H,1-3H3,(H,21,22). The first-order chi connectivity index (χ1) is 12.2. The molecule has 1 aromatic heterocycles. The number of aryl methyl sites for hydroxylation is 2. The van der Waals surface area contributed by atoms with Gasteiger partial charge < -0.3 is 9.52 Å². The molecular weight excluding hydrogens is 354 g/mol. The van der Waals surface area contributed by atoms with Crippen molar-refractivity contribution in [2.75, 3.05) is 0 Å². The van der Waals surface area contributed by atoms with Crippen LogP contribution in [0.4, 0.5) is 0 Å². The largest absolute Gasteiger partial charge is 0.475 e. The van der Waals surface area contributed by atoms with E-state index in [1.165, 1.54) is 6.07 Å². The fourth-order valence-electron chi connectivity index (χ4n) is 2.90. The Morgan fingerprint density at radius 1 is 1.12 bits per heavy atom. The molecule has 0 aliphatic rings. The molecule has 1 atom stereocenters. The van der Waals surface area contributed by atoms with Crippen molar-refractivity contribution in [2.45, 2.75) is 31.7 Å². The molecule has 0 spiro atoms. The highest BCUT2D eigenvalue weighted by Crippen LogP contribution is 2.25. The lowest BCUT2D eigenvalue weighted by Crippen LogP contribution is -2.27. The minimum absolute atomic E-state index is 0.152. The fraction of sp³-hybridized carbons (Fsp3) is 0.211. The van der Waals surface area contributed by atoms with Crippen molar-refractivity contribution in [3.63, 3.8) is 0 Å². The molecule has 6 nitrogen and oxygen atoms in total. The van der Waals surface area contributed by atoms with Gasteiger partial charge in [0.1, 0.15) is 5.58 Å². The van der Waals surface area contributed by atoms with Crippen LogP contribution >= 0.6 is 0 Å². The molecule has 2 N–H and O–H groups in total. The van der Waals surface area contributed by atoms with Gasteiger partial charge in [-0.15, -0.1) is 0 Å². The van der Waals surface area contributed by atoms with Crippen LogP contribution in [-0.4, -0.2) is 19.5 Å². The highest BCUT2D eigenvalue weighted by Gasteiger charge is 2.21. The van der Waals surface area contributed by atoms with Crippen molar-refractivity contribution in [3.05, 3.63) is 64.9 Å². The third-order valence-corrected chi connectivity index (χ3v) is 5.90. The van der Waals surface area contributed by atoms with Gasteiger partial charge in [-0.25, -0.2) is 17.9 Å². The Bertz CT molecular complexity index is 1100. The molecule has 1 unspecified atom stereocenters. The Morgan fingerprint density at radius 3 is 2.50 bits per heavy atom. The van der Waals surface area contributed by atoms with Gasteiger partial charge in [0.25, 0.3) is 0 Å². The van der Waals surface area contributed by atoms with Crippen molar-refractivity contribution in [1.29, 1.82) is 0 Å². The lowest BCUT2D eigenvalue weighted by atomic mass is 10.1. The molecule has 1 heterocycles. The molecule has 0 bridgehead atoms. The highest BCUT2D eigenvalue weighted by molar-refractivity contribution is 7.89. The van der Waals surface area contributed by atoms with Gasteiger partial charge in [-0.3, -0.25) is 0 Å². The second kappa shape index (κ2) is 6.59. The van der Waals surface area contributed by atoms with Crippen LogP contribution in [0, 0.1) is 13.8 Å². The summed E-state index contributed by atoms with van der Waals surface area (Å²) in [6, 6.07) is 11.2. The van der Waals surface area contributed by atoms with E-state index in [4.69, 9.17) is 9.52 Å². The van der Waals surface area contributed by atoms with Crippen LogP contribution in [0.2, 0.25) is 0 Å². The van der Waals surface area contributed by atoms with Gasteiger partial charge in [0.15, 0.2) is 0 Å². The van der Waals surface area contributed by atoms with E-state index in [0.717, 1.165) is 5.56 Å². The molecule has 0 fully saturated rings. The van der Waals surface area contributed by atoms with Crippen molar-refractivity contribution in [3.8, 4) is 0 Å². The van der Waals surface area contributed by atoms with Gasteiger partial charge in [0.05, 0.1) is 4.90 Å². The summed E-state index contributed by atoms with van der Waals surface area (Å²) in [6.07, 6.45) is 0. The van der Waals surface area contributed by atoms with Crippen LogP contribution in [-0.2, 0) is 10.0 Å². The lowest BCUT2D eigenvalue weighted by Gasteiger charge is -2.16. The summed E-state index contributed by atoms with van der Waals surface area (Å²) in [5.41, 5.74) is 2.83. The number of carboxylic acid groups (broad SMARTS) is 1. The summed E-state index contributed by atoms with van der Waals surface area (Å²) < 4.78 is 33.3. The first-order valence-electron chi connectivity index (χ1n) is 8.04. The van der Waals surface area contributed by atoms with Crippen LogP contribution in [0.1, 0.15) is 40.2 Å². The molecule has 0 radical (unpaired) electrons. The van der Waals surface area contributed by atoms with E-state index in [1.54, 1.807) is 44.2 Å². The number of rotatable bonds is 5. The number of benzene rings is 2. The fourth-order valence-corrected chi connectivity index (χ4v) is 4.36. The maximum absolute atomic E-state index is 12.7. The van der Waals surface area contributed by atoms with Crippen molar-refractivity contribution < 1.29 is 22.7 Å². The maximum atomic E-state index is 12.7. The summed E-state index contributed by atoms with van der Waals surface area (Å²) in [7, 11) is -3.68. The van der Waals surface area contributed by atoms with Crippen LogP contribution in [0.15, 0.2) is 51.8 Å². The number of carbonyl (C=O) groups is 1. The average molecular weight is 373 g/mol. The minimum atomic E-state index is -3.68. The molecule has 0 saturated heterocycles. The number of fused-ring (bicyclic) bond motifs is 1. The molecule has 3 aromatic rings. The number of carboxylic acids is 1. The molecule has 7 heteroatoms. The molecule has 2 aromatic carbocycles. The number of sulfonamides is 1. The van der Waals surface area contributed by atoms with Crippen LogP contribution in [0.5, 0.6) is 0 Å². The zero-order chi connectivity index (χ0) is 19.1. The second-order valence-corrected chi connectivity index (χ2v) is 8.01. The number of hydrogen-bond donors (Lipinski definition) is 2. The van der Waals surface area contributed by atoms with E-state index in [-0.39, 0.29) is 10.7 Å². The molecule has 3 rings (SSSR count). The smallest absolute Gasteiger partial charge is 0.371 e. The normalized spacial score (nSPS) is 13.0. The Kier molecular flexibility index (Phi) is 4.60. The van der Waals surface area contributed by atoms with E-state index in [1.807, 2.05) is 13.0 Å². The summed E-state index contributed by atoms with van der Waals surface area (Å²) in [4.78, 5) is 11.2. The summed E-state index contributed by atoms with van der Waals surface area (Å²) in [6.45, 7) is 5.41. The molecule has 26 heavy (non-hydrogen) atoms. The van der Waals surface area contributed by atoms with E-state index in [9.17, 15) is 13.2 Å². The lowest BCUT2D eigenvalue weighted by molar-refractivity contribution is 0.0665. The highest BCUT2D eigenvalue weighted by atomic mass is 32.2. The third-order valence-electron chi connectivity index (χ3n) is 4.20. The monoisotopic (exact) mass is 373 g/mol. The zero-order valence-electron chi connectivity index (χ0n) is 14.6. The van der Waals surface area contributed by atoms with E-state index in [0.29, 0.717) is 22.1 Å². The van der Waals surface area contributed by atoms with Crippen molar-refractivity contribution in [2.24, 2.45) is 0 Å². The maximum Gasteiger partial charge on any atom is 0.371 e. The molecule has 0 saturated carbocycles. The van der Waals surface area contributed by atoms with E-state index in [2.05, 4.69) is 4.72 Å². The zero-order valence-corrected chi connectivity index (χ0v) is 15.4. The Labute approximate surface area is 151 Å². The van der Waals surface area contributed by atoms with E-state index >= 15 is 0 Å². The number of hydrogen-bond acceptors (Lipinski definition) is 4. The predicted octanol–water partition coefficient (Wildman–Crippen LogP) is 3.79. The van der Waals surface area contributed by atoms with Crippen LogP contribution in [0.3, 0.4) is 0 Å². The topological polar surface area (TPSA) is 96.6 Å². The van der Waals surface area contributed by atoms with E-state index < -0.39 is 22.0 Å². The first-order valence-corrected chi connectivity index (χ1v) is 9.52. The first kappa shape index (κ1) is 18.2. The van der Waals surface area contributed by atoms with Gasteiger partial charge in [-0.1, -0.05) is 23.8 Å². The molecular formula is C19H19NO5S. The molecule has 0 aliphatic heterocycles. The summed E-state index contributed by atoms with van der Waals surface area (Å²) in [5.74, 6) is -1.30. The summed E-state index contributed by atoms with van der Waals surface area (Å²) >= 11 is 0. The van der Waals surface area contributed by atoms with Gasteiger partial charge >= 0.3 is 5.97 Å². The predicted molar refractivity (Wildman–Crippen MR) is 97.8 cm³/mol. The van der Waals surface area contributed by atoms with Crippen molar-refractivity contribution in [1.82, 2.24) is 4.72 Å². The van der Waals surface area contributed by atoms with Gasteiger partial charge in [-0.05, 0) is 56.2 Å². The second-order valence-electron chi connectivity index (χ2n) is 6.32. The Hall–Kier alpha value is -2.64. The molecule has 0 aliphatic carbocycles.